The molecule has 6 nitrogen and oxygen atoms in total. The second kappa shape index (κ2) is 5.17. The molecule has 0 amide bonds. The van der Waals surface area contributed by atoms with Gasteiger partial charge in [-0.05, 0) is 26.0 Å². The summed E-state index contributed by atoms with van der Waals surface area (Å²) in [7, 11) is 0. The van der Waals surface area contributed by atoms with Crippen LogP contribution in [0, 0.1) is 6.92 Å². The third kappa shape index (κ3) is 2.36. The molecule has 1 unspecified atom stereocenters. The zero-order chi connectivity index (χ0) is 15.0. The zero-order valence-corrected chi connectivity index (χ0v) is 12.4. The van der Waals surface area contributed by atoms with Gasteiger partial charge < -0.3 is 5.32 Å². The predicted molar refractivity (Wildman–Crippen MR) is 84.1 cm³/mol. The van der Waals surface area contributed by atoms with Gasteiger partial charge in [0.05, 0.1) is 28.0 Å². The van der Waals surface area contributed by atoms with Crippen molar-refractivity contribution in [1.29, 1.82) is 0 Å². The summed E-state index contributed by atoms with van der Waals surface area (Å²) in [6.45, 7) is 3.95. The smallest absolute Gasteiger partial charge is 0.272 e. The van der Waals surface area contributed by atoms with Gasteiger partial charge in [-0.1, -0.05) is 6.07 Å². The monoisotopic (exact) mass is 302 g/mol. The molecule has 0 aliphatic heterocycles. The molecule has 0 spiro atoms. The van der Waals surface area contributed by atoms with E-state index in [4.69, 9.17) is 0 Å². The molecule has 0 saturated carbocycles. The standard InChI is InChI=1S/C14H14N4O2S/c1-7-12(21-6-15-7)8(2)16-10-5-3-4-9-11(10)14(20)18-17-13(9)19/h3-6,8,16H,1-2H3,(H,17,19)(H,18,20). The van der Waals surface area contributed by atoms with Crippen molar-refractivity contribution in [3.63, 3.8) is 0 Å². The minimum absolute atomic E-state index is 0.00166. The normalized spacial score (nSPS) is 12.5. The van der Waals surface area contributed by atoms with Gasteiger partial charge in [0.1, 0.15) is 0 Å². The van der Waals surface area contributed by atoms with E-state index >= 15 is 0 Å². The Morgan fingerprint density at radius 3 is 2.71 bits per heavy atom. The average Bonchev–Trinajstić information content (AvgIpc) is 2.89. The number of aromatic nitrogens is 3. The lowest BCUT2D eigenvalue weighted by atomic mass is 10.1. The maximum absolute atomic E-state index is 12.0. The minimum Gasteiger partial charge on any atom is -0.377 e. The molecule has 3 N–H and O–H groups in total. The number of aryl methyl sites for hydroxylation is 1. The van der Waals surface area contributed by atoms with Gasteiger partial charge in [0.2, 0.25) is 0 Å². The van der Waals surface area contributed by atoms with Crippen molar-refractivity contribution in [1.82, 2.24) is 15.2 Å². The van der Waals surface area contributed by atoms with E-state index in [9.17, 15) is 9.59 Å². The summed E-state index contributed by atoms with van der Waals surface area (Å²) in [6.07, 6.45) is 0. The highest BCUT2D eigenvalue weighted by atomic mass is 32.1. The number of anilines is 1. The third-order valence-electron chi connectivity index (χ3n) is 3.37. The van der Waals surface area contributed by atoms with E-state index in [1.54, 1.807) is 35.0 Å². The van der Waals surface area contributed by atoms with E-state index in [-0.39, 0.29) is 17.2 Å². The molecule has 1 atom stereocenters. The fourth-order valence-corrected chi connectivity index (χ4v) is 3.19. The second-order valence-corrected chi connectivity index (χ2v) is 5.69. The lowest BCUT2D eigenvalue weighted by Gasteiger charge is -2.15. The summed E-state index contributed by atoms with van der Waals surface area (Å²) < 4.78 is 0. The summed E-state index contributed by atoms with van der Waals surface area (Å²) in [5.41, 5.74) is 2.77. The molecule has 3 rings (SSSR count). The molecule has 7 heteroatoms. The molecule has 3 aromatic rings. The Morgan fingerprint density at radius 2 is 2.00 bits per heavy atom. The fraction of sp³-hybridized carbons (Fsp3) is 0.214. The highest BCUT2D eigenvalue weighted by Crippen LogP contribution is 2.27. The van der Waals surface area contributed by atoms with Crippen molar-refractivity contribution in [3.05, 3.63) is 55.0 Å². The number of fused-ring (bicyclic) bond motifs is 1. The van der Waals surface area contributed by atoms with Crippen LogP contribution in [0.3, 0.4) is 0 Å². The van der Waals surface area contributed by atoms with Crippen LogP contribution in [0.4, 0.5) is 5.69 Å². The zero-order valence-electron chi connectivity index (χ0n) is 11.6. The van der Waals surface area contributed by atoms with E-state index in [1.165, 1.54) is 0 Å². The van der Waals surface area contributed by atoms with Gasteiger partial charge in [-0.2, -0.15) is 0 Å². The lowest BCUT2D eigenvalue weighted by molar-refractivity contribution is 0.891. The van der Waals surface area contributed by atoms with Crippen LogP contribution < -0.4 is 16.4 Å². The Balaban J connectivity index is 2.10. The van der Waals surface area contributed by atoms with Gasteiger partial charge >= 0.3 is 0 Å². The molecule has 21 heavy (non-hydrogen) atoms. The summed E-state index contributed by atoms with van der Waals surface area (Å²) >= 11 is 1.56. The molecular weight excluding hydrogens is 288 g/mol. The number of hydrogen-bond acceptors (Lipinski definition) is 5. The Hall–Kier alpha value is -2.41. The molecule has 0 bridgehead atoms. The van der Waals surface area contributed by atoms with Crippen LogP contribution in [-0.4, -0.2) is 15.2 Å². The molecule has 0 saturated heterocycles. The van der Waals surface area contributed by atoms with E-state index in [0.717, 1.165) is 10.6 Å². The van der Waals surface area contributed by atoms with Crippen LogP contribution in [0.25, 0.3) is 10.8 Å². The number of benzene rings is 1. The third-order valence-corrected chi connectivity index (χ3v) is 4.49. The van der Waals surface area contributed by atoms with Gasteiger partial charge in [0.15, 0.2) is 0 Å². The van der Waals surface area contributed by atoms with Crippen molar-refractivity contribution < 1.29 is 0 Å². The van der Waals surface area contributed by atoms with Crippen molar-refractivity contribution in [2.75, 3.05) is 5.32 Å². The highest BCUT2D eigenvalue weighted by Gasteiger charge is 2.14. The van der Waals surface area contributed by atoms with Crippen LogP contribution in [0.15, 0.2) is 33.3 Å². The van der Waals surface area contributed by atoms with E-state index in [1.807, 2.05) is 13.8 Å². The molecule has 0 aliphatic rings. The SMILES string of the molecule is Cc1ncsc1C(C)Nc1cccc2c(=O)[nH][nH]c(=O)c12. The topological polar surface area (TPSA) is 90.6 Å². The molecule has 0 fully saturated rings. The first-order valence-electron chi connectivity index (χ1n) is 6.48. The molecule has 108 valence electrons. The largest absolute Gasteiger partial charge is 0.377 e. The number of rotatable bonds is 3. The highest BCUT2D eigenvalue weighted by molar-refractivity contribution is 7.09. The van der Waals surface area contributed by atoms with Gasteiger partial charge in [0, 0.05) is 10.6 Å². The first-order valence-corrected chi connectivity index (χ1v) is 7.36. The summed E-state index contributed by atoms with van der Waals surface area (Å²) in [5, 5.41) is 8.73. The van der Waals surface area contributed by atoms with Crippen molar-refractivity contribution in [2.24, 2.45) is 0 Å². The number of H-pyrrole nitrogens is 2. The van der Waals surface area contributed by atoms with Crippen molar-refractivity contribution in [2.45, 2.75) is 19.9 Å². The van der Waals surface area contributed by atoms with Crippen LogP contribution in [0.2, 0.25) is 0 Å². The molecular formula is C14H14N4O2S. The average molecular weight is 302 g/mol. The number of thiazole rings is 1. The maximum Gasteiger partial charge on any atom is 0.272 e. The predicted octanol–water partition coefficient (Wildman–Crippen LogP) is 2.15. The van der Waals surface area contributed by atoms with E-state index < -0.39 is 0 Å². The molecule has 2 aromatic heterocycles. The van der Waals surface area contributed by atoms with Gasteiger partial charge in [-0.25, -0.2) is 4.98 Å². The van der Waals surface area contributed by atoms with Crippen molar-refractivity contribution >= 4 is 27.8 Å². The number of hydrogen-bond donors (Lipinski definition) is 3. The first-order chi connectivity index (χ1) is 10.1. The first kappa shape index (κ1) is 13.6. The van der Waals surface area contributed by atoms with Crippen LogP contribution in [0.5, 0.6) is 0 Å². The van der Waals surface area contributed by atoms with E-state index in [0.29, 0.717) is 16.5 Å². The molecule has 1 aromatic carbocycles. The summed E-state index contributed by atoms with van der Waals surface area (Å²) in [4.78, 5) is 29.1. The number of nitrogens with zero attached hydrogens (tertiary/aromatic N) is 1. The molecule has 2 heterocycles. The van der Waals surface area contributed by atoms with Gasteiger partial charge in [-0.15, -0.1) is 11.3 Å². The van der Waals surface area contributed by atoms with Crippen LogP contribution >= 0.6 is 11.3 Å². The van der Waals surface area contributed by atoms with Gasteiger partial charge in [-0.3, -0.25) is 19.8 Å². The fourth-order valence-electron chi connectivity index (χ4n) is 2.38. The van der Waals surface area contributed by atoms with E-state index in [2.05, 4.69) is 20.5 Å². The summed E-state index contributed by atoms with van der Waals surface area (Å²) in [5.74, 6) is 0. The number of nitrogens with one attached hydrogen (secondary N) is 3. The van der Waals surface area contributed by atoms with Crippen molar-refractivity contribution in [3.8, 4) is 0 Å². The minimum atomic E-state index is -0.319. The Morgan fingerprint density at radius 1 is 1.24 bits per heavy atom. The maximum atomic E-state index is 12.0. The Kier molecular flexibility index (Phi) is 3.34. The lowest BCUT2D eigenvalue weighted by Crippen LogP contribution is -2.20. The quantitative estimate of drug-likeness (QED) is 0.691. The Bertz CT molecular complexity index is 909. The number of aromatic amines is 2. The molecule has 0 aliphatic carbocycles. The second-order valence-electron chi connectivity index (χ2n) is 4.80. The Labute approximate surface area is 123 Å². The van der Waals surface area contributed by atoms with Crippen LogP contribution in [0.1, 0.15) is 23.5 Å². The summed E-state index contributed by atoms with van der Waals surface area (Å²) in [6, 6.07) is 5.19. The van der Waals surface area contributed by atoms with Gasteiger partial charge in [0.25, 0.3) is 11.1 Å². The van der Waals surface area contributed by atoms with Crippen LogP contribution in [-0.2, 0) is 0 Å². The molecule has 0 radical (unpaired) electrons.